The molecule has 5 heteroatoms. The summed E-state index contributed by atoms with van der Waals surface area (Å²) in [5, 5.41) is 0. The molecular formula is C38H60N2O3. The van der Waals surface area contributed by atoms with Gasteiger partial charge in [-0.05, 0) is 89.0 Å². The molecule has 0 spiro atoms. The number of carbonyl (C=O) groups is 2. The maximum Gasteiger partial charge on any atom is 0.150 e. The van der Waals surface area contributed by atoms with Gasteiger partial charge in [0.25, 0.3) is 0 Å². The number of hydrogen-bond donors (Lipinski definition) is 1. The van der Waals surface area contributed by atoms with Crippen LogP contribution in [-0.2, 0) is 14.3 Å². The number of ether oxygens (including phenoxy) is 1. The third-order valence-electron chi connectivity index (χ3n) is 8.33. The molecule has 0 aromatic heterocycles. The molecule has 240 valence electrons. The van der Waals surface area contributed by atoms with Gasteiger partial charge in [0.15, 0.2) is 5.78 Å². The van der Waals surface area contributed by atoms with Crippen molar-refractivity contribution < 1.29 is 14.3 Å². The lowest BCUT2D eigenvalue weighted by Crippen LogP contribution is -2.35. The van der Waals surface area contributed by atoms with E-state index in [0.717, 1.165) is 41.6 Å². The summed E-state index contributed by atoms with van der Waals surface area (Å²) in [6.45, 7) is 34.1. The third kappa shape index (κ3) is 10.8. The van der Waals surface area contributed by atoms with Crippen LogP contribution >= 0.6 is 0 Å². The van der Waals surface area contributed by atoms with Crippen molar-refractivity contribution >= 4 is 17.3 Å². The van der Waals surface area contributed by atoms with Crippen LogP contribution in [-0.4, -0.2) is 17.3 Å². The third-order valence-corrected chi connectivity index (χ3v) is 8.33. The van der Waals surface area contributed by atoms with Crippen LogP contribution in [0.2, 0.25) is 0 Å². The van der Waals surface area contributed by atoms with Crippen LogP contribution < -0.4 is 5.73 Å². The minimum Gasteiger partial charge on any atom is -0.469 e. The highest BCUT2D eigenvalue weighted by atomic mass is 16.5. The van der Waals surface area contributed by atoms with Crippen molar-refractivity contribution in [3.05, 3.63) is 82.7 Å². The van der Waals surface area contributed by atoms with Crippen molar-refractivity contribution in [2.45, 2.75) is 122 Å². The predicted molar refractivity (Wildman–Crippen MR) is 186 cm³/mol. The molecule has 5 nitrogen and oxygen atoms in total. The molecule has 0 fully saturated rings. The van der Waals surface area contributed by atoms with E-state index in [1.165, 1.54) is 5.57 Å². The molecule has 2 N–H and O–H groups in total. The number of hydrogen-bond acceptors (Lipinski definition) is 5. The molecule has 43 heavy (non-hydrogen) atoms. The lowest BCUT2D eigenvalue weighted by molar-refractivity contribution is -0.125. The lowest BCUT2D eigenvalue weighted by atomic mass is 9.72. The van der Waals surface area contributed by atoms with Gasteiger partial charge in [-0.25, -0.2) is 4.99 Å². The Kier molecular flexibility index (Phi) is 16.5. The van der Waals surface area contributed by atoms with Crippen LogP contribution in [0.1, 0.15) is 122 Å². The topological polar surface area (TPSA) is 81.8 Å². The first-order chi connectivity index (χ1) is 19.9. The summed E-state index contributed by atoms with van der Waals surface area (Å²) < 4.78 is 6.22. The van der Waals surface area contributed by atoms with Crippen molar-refractivity contribution in [1.29, 1.82) is 0 Å². The number of allylic oxidation sites excluding steroid dienone is 9. The number of aliphatic imine (C=N–C) groups is 1. The van der Waals surface area contributed by atoms with E-state index in [0.29, 0.717) is 23.6 Å². The van der Waals surface area contributed by atoms with Gasteiger partial charge in [-0.3, -0.25) is 9.59 Å². The van der Waals surface area contributed by atoms with E-state index in [2.05, 4.69) is 40.9 Å². The van der Waals surface area contributed by atoms with Crippen LogP contribution in [0, 0.1) is 16.7 Å². The van der Waals surface area contributed by atoms with Crippen LogP contribution in [0.5, 0.6) is 0 Å². The molecule has 1 unspecified atom stereocenters. The number of ketones is 2. The van der Waals surface area contributed by atoms with E-state index in [1.54, 1.807) is 13.2 Å². The molecule has 0 radical (unpaired) electrons. The molecule has 0 saturated carbocycles. The second-order valence-corrected chi connectivity index (χ2v) is 12.6. The summed E-state index contributed by atoms with van der Waals surface area (Å²) in [4.78, 5) is 30.9. The molecular weight excluding hydrogens is 532 g/mol. The average molecular weight is 593 g/mol. The van der Waals surface area contributed by atoms with Gasteiger partial charge in [0.2, 0.25) is 0 Å². The number of Topliss-reactive ketones (excluding diaryl/α,β-unsaturated/α-hetero) is 2. The first-order valence-corrected chi connectivity index (χ1v) is 15.7. The summed E-state index contributed by atoms with van der Waals surface area (Å²) >= 11 is 0. The highest BCUT2D eigenvalue weighted by Crippen LogP contribution is 2.43. The highest BCUT2D eigenvalue weighted by molar-refractivity contribution is 6.03. The summed E-state index contributed by atoms with van der Waals surface area (Å²) in [7, 11) is 0. The summed E-state index contributed by atoms with van der Waals surface area (Å²) in [5.74, 6) is 0.875. The Balaban J connectivity index is 7.28. The Hall–Kier alpha value is -3.21. The van der Waals surface area contributed by atoms with Gasteiger partial charge in [0.1, 0.15) is 22.8 Å². The number of rotatable bonds is 18. The largest absolute Gasteiger partial charge is 0.469 e. The van der Waals surface area contributed by atoms with Crippen molar-refractivity contribution in [2.75, 3.05) is 0 Å². The lowest BCUT2D eigenvalue weighted by Gasteiger charge is -2.33. The SMILES string of the molecule is C=C(C(/C=C\C)=C(/C)C(C)C)/C(C)=N/C(N)=C(\C(C)=C\CC)C(C)(C(=C)O/C=C(\CCC)CC(C)(C)C(C)=O)C(=O)CC. The maximum atomic E-state index is 13.8. The molecule has 0 aliphatic carbocycles. The predicted octanol–water partition coefficient (Wildman–Crippen LogP) is 10.3. The van der Waals surface area contributed by atoms with E-state index < -0.39 is 10.8 Å². The minimum absolute atomic E-state index is 0.0781. The van der Waals surface area contributed by atoms with Crippen LogP contribution in [0.25, 0.3) is 0 Å². The molecule has 0 bridgehead atoms. The van der Waals surface area contributed by atoms with E-state index >= 15 is 0 Å². The maximum absolute atomic E-state index is 13.8. The van der Waals surface area contributed by atoms with Gasteiger partial charge in [-0.1, -0.05) is 91.8 Å². The number of nitrogens with two attached hydrogens (primary N) is 1. The van der Waals surface area contributed by atoms with Gasteiger partial charge in [0.05, 0.1) is 6.26 Å². The zero-order chi connectivity index (χ0) is 33.7. The fourth-order valence-corrected chi connectivity index (χ4v) is 4.97. The molecule has 0 aromatic rings. The van der Waals surface area contributed by atoms with Gasteiger partial charge >= 0.3 is 0 Å². The van der Waals surface area contributed by atoms with Crippen LogP contribution in [0.3, 0.4) is 0 Å². The van der Waals surface area contributed by atoms with Crippen molar-refractivity contribution in [3.8, 4) is 0 Å². The Morgan fingerprint density at radius 2 is 1.60 bits per heavy atom. The standard InChI is InChI=1S/C38H60N2O3/c1-16-20-26(7)35(36(39)40-29(10)28(9)33(22-18-3)27(8)25(5)6)38(15,34(42)19-4)31(12)43-24-32(21-17-2)23-37(13,14)30(11)41/h18,20,22,24-25H,9,12,16-17,19,21,23,39H2,1-8,10-11,13-15H3/b22-18-,26-20+,32-24+,33-27-,36-35+,40-29+. The fourth-order valence-electron chi connectivity index (χ4n) is 4.97. The first-order valence-electron chi connectivity index (χ1n) is 15.7. The van der Waals surface area contributed by atoms with Crippen molar-refractivity contribution in [2.24, 2.45) is 27.5 Å². The minimum atomic E-state index is -1.26. The summed E-state index contributed by atoms with van der Waals surface area (Å²) in [6, 6.07) is 0. The number of carbonyl (C=O) groups excluding carboxylic acids is 2. The van der Waals surface area contributed by atoms with Crippen molar-refractivity contribution in [1.82, 2.24) is 0 Å². The Morgan fingerprint density at radius 3 is 2.05 bits per heavy atom. The highest BCUT2D eigenvalue weighted by Gasteiger charge is 2.42. The Labute approximate surface area is 263 Å². The van der Waals surface area contributed by atoms with Crippen molar-refractivity contribution in [3.63, 3.8) is 0 Å². The molecule has 0 amide bonds. The Bertz CT molecular complexity index is 1230. The Morgan fingerprint density at radius 1 is 1.02 bits per heavy atom. The van der Waals surface area contributed by atoms with Gasteiger partial charge in [-0.15, -0.1) is 0 Å². The van der Waals surface area contributed by atoms with E-state index in [4.69, 9.17) is 15.5 Å². The first kappa shape index (κ1) is 39.8. The van der Waals surface area contributed by atoms with E-state index in [1.807, 2.05) is 73.6 Å². The second-order valence-electron chi connectivity index (χ2n) is 12.6. The zero-order valence-electron chi connectivity index (χ0n) is 29.6. The monoisotopic (exact) mass is 592 g/mol. The fraction of sp³-hybridized carbons (Fsp3) is 0.553. The second kappa shape index (κ2) is 17.8. The van der Waals surface area contributed by atoms with E-state index in [9.17, 15) is 9.59 Å². The van der Waals surface area contributed by atoms with Gasteiger partial charge < -0.3 is 10.5 Å². The molecule has 0 aliphatic heterocycles. The quantitative estimate of drug-likeness (QED) is 0.0975. The summed E-state index contributed by atoms with van der Waals surface area (Å²) in [6.07, 6.45) is 11.0. The molecule has 0 heterocycles. The summed E-state index contributed by atoms with van der Waals surface area (Å²) in [5.41, 5.74) is 11.1. The molecule has 0 aliphatic rings. The normalized spacial score (nSPS) is 16.1. The molecule has 0 saturated heterocycles. The molecule has 0 rings (SSSR count). The van der Waals surface area contributed by atoms with Gasteiger partial charge in [-0.2, -0.15) is 0 Å². The smallest absolute Gasteiger partial charge is 0.150 e. The van der Waals surface area contributed by atoms with Gasteiger partial charge in [0, 0.05) is 23.1 Å². The zero-order valence-corrected chi connectivity index (χ0v) is 29.6. The van der Waals surface area contributed by atoms with Crippen LogP contribution in [0.15, 0.2) is 87.7 Å². The van der Waals surface area contributed by atoms with E-state index in [-0.39, 0.29) is 29.6 Å². The molecule has 0 aromatic carbocycles. The van der Waals surface area contributed by atoms with Crippen LogP contribution in [0.4, 0.5) is 0 Å². The average Bonchev–Trinajstić information content (AvgIpc) is 2.92. The molecule has 1 atom stereocenters. The number of nitrogens with zero attached hydrogens (tertiary/aromatic N) is 1.